The van der Waals surface area contributed by atoms with Crippen LogP contribution in [0.3, 0.4) is 0 Å². The fourth-order valence-electron chi connectivity index (χ4n) is 1.52. The molecule has 0 fully saturated rings. The van der Waals surface area contributed by atoms with Gasteiger partial charge in [-0.3, -0.25) is 4.79 Å². The summed E-state index contributed by atoms with van der Waals surface area (Å²) in [6.07, 6.45) is 0. The van der Waals surface area contributed by atoms with Gasteiger partial charge < -0.3 is 16.2 Å². The highest BCUT2D eigenvalue weighted by Gasteiger charge is 2.13. The van der Waals surface area contributed by atoms with E-state index in [1.807, 2.05) is 0 Å². The Morgan fingerprint density at radius 3 is 2.63 bits per heavy atom. The van der Waals surface area contributed by atoms with Crippen molar-refractivity contribution < 1.29 is 9.90 Å². The minimum Gasteiger partial charge on any atom is -0.507 e. The maximum absolute atomic E-state index is 12.0. The van der Waals surface area contributed by atoms with Crippen molar-refractivity contribution in [3.8, 4) is 5.75 Å². The van der Waals surface area contributed by atoms with E-state index in [2.05, 4.69) is 21.2 Å². The summed E-state index contributed by atoms with van der Waals surface area (Å²) in [5, 5.41) is 12.7. The van der Waals surface area contributed by atoms with Crippen LogP contribution in [-0.4, -0.2) is 11.0 Å². The molecule has 6 heteroatoms. The number of nitrogens with two attached hydrogens (primary N) is 1. The molecule has 0 heterocycles. The highest BCUT2D eigenvalue weighted by atomic mass is 79.9. The number of amides is 1. The number of nitrogen functional groups attached to an aromatic ring is 1. The van der Waals surface area contributed by atoms with Gasteiger partial charge in [0.15, 0.2) is 0 Å². The van der Waals surface area contributed by atoms with Crippen LogP contribution < -0.4 is 11.1 Å². The Morgan fingerprint density at radius 1 is 1.26 bits per heavy atom. The average Bonchev–Trinajstić information content (AvgIpc) is 2.32. The second kappa shape index (κ2) is 5.50. The van der Waals surface area contributed by atoms with E-state index in [-0.39, 0.29) is 11.3 Å². The number of carbonyl (C=O) groups excluding carboxylic acids is 1. The van der Waals surface area contributed by atoms with Crippen LogP contribution in [0.2, 0.25) is 5.02 Å². The third-order valence-corrected chi connectivity index (χ3v) is 3.25. The highest BCUT2D eigenvalue weighted by Crippen LogP contribution is 2.27. The molecule has 4 N–H and O–H groups in total. The number of hydrogen-bond acceptors (Lipinski definition) is 3. The van der Waals surface area contributed by atoms with Crippen molar-refractivity contribution in [3.05, 3.63) is 51.5 Å². The third-order valence-electron chi connectivity index (χ3n) is 2.45. The van der Waals surface area contributed by atoms with Crippen molar-refractivity contribution in [2.75, 3.05) is 11.1 Å². The van der Waals surface area contributed by atoms with E-state index in [1.54, 1.807) is 24.3 Å². The van der Waals surface area contributed by atoms with Gasteiger partial charge in [-0.05, 0) is 36.4 Å². The predicted octanol–water partition coefficient (Wildman–Crippen LogP) is 3.64. The number of phenolic OH excluding ortho intramolecular Hbond substituents is 1. The zero-order valence-corrected chi connectivity index (χ0v) is 12.0. The molecule has 98 valence electrons. The molecular weight excluding hydrogens is 332 g/mol. The Bertz CT molecular complexity index is 647. The zero-order chi connectivity index (χ0) is 14.0. The molecule has 4 nitrogen and oxygen atoms in total. The number of phenols is 1. The fourth-order valence-corrected chi connectivity index (χ4v) is 2.10. The van der Waals surface area contributed by atoms with Crippen molar-refractivity contribution in [2.45, 2.75) is 0 Å². The number of nitrogens with one attached hydrogen (secondary N) is 1. The van der Waals surface area contributed by atoms with Gasteiger partial charge in [0.1, 0.15) is 5.75 Å². The molecule has 19 heavy (non-hydrogen) atoms. The first-order valence-corrected chi connectivity index (χ1v) is 6.49. The van der Waals surface area contributed by atoms with Crippen LogP contribution in [0.15, 0.2) is 40.9 Å². The molecule has 0 aliphatic rings. The minimum atomic E-state index is -0.448. The van der Waals surface area contributed by atoms with Gasteiger partial charge in [0.05, 0.1) is 16.3 Å². The van der Waals surface area contributed by atoms with Gasteiger partial charge in [-0.2, -0.15) is 0 Å². The van der Waals surface area contributed by atoms with Crippen molar-refractivity contribution >= 4 is 44.8 Å². The fraction of sp³-hybridized carbons (Fsp3) is 0. The number of anilines is 2. The summed E-state index contributed by atoms with van der Waals surface area (Å²) in [7, 11) is 0. The summed E-state index contributed by atoms with van der Waals surface area (Å²) in [6.45, 7) is 0. The number of carbonyl (C=O) groups is 1. The SMILES string of the molecule is Nc1ccc(NC(=O)c2ccc(Br)cc2O)c(Cl)c1. The zero-order valence-electron chi connectivity index (χ0n) is 9.65. The molecule has 0 aliphatic carbocycles. The van der Waals surface area contributed by atoms with Gasteiger partial charge in [0.25, 0.3) is 5.91 Å². The maximum atomic E-state index is 12.0. The van der Waals surface area contributed by atoms with Crippen LogP contribution in [0.4, 0.5) is 11.4 Å². The number of halogens is 2. The van der Waals surface area contributed by atoms with Gasteiger partial charge in [0, 0.05) is 10.2 Å². The molecule has 0 saturated heterocycles. The number of aromatic hydroxyl groups is 1. The molecule has 2 rings (SSSR count). The summed E-state index contributed by atoms with van der Waals surface area (Å²) < 4.78 is 0.687. The average molecular weight is 342 g/mol. The van der Waals surface area contributed by atoms with Crippen LogP contribution in [0.1, 0.15) is 10.4 Å². The smallest absolute Gasteiger partial charge is 0.259 e. The van der Waals surface area contributed by atoms with E-state index in [9.17, 15) is 9.90 Å². The van der Waals surface area contributed by atoms with Crippen LogP contribution in [0, 0.1) is 0 Å². The van der Waals surface area contributed by atoms with E-state index in [0.29, 0.717) is 20.9 Å². The van der Waals surface area contributed by atoms with Crippen LogP contribution in [-0.2, 0) is 0 Å². The van der Waals surface area contributed by atoms with Crippen LogP contribution in [0.25, 0.3) is 0 Å². The van der Waals surface area contributed by atoms with Gasteiger partial charge in [-0.25, -0.2) is 0 Å². The first-order chi connectivity index (χ1) is 8.97. The lowest BCUT2D eigenvalue weighted by Gasteiger charge is -2.09. The van der Waals surface area contributed by atoms with E-state index in [0.717, 1.165) is 0 Å². The maximum Gasteiger partial charge on any atom is 0.259 e. The molecule has 0 spiro atoms. The minimum absolute atomic E-state index is 0.113. The molecule has 0 aromatic heterocycles. The molecule has 0 aliphatic heterocycles. The Labute approximate surface area is 123 Å². The standard InChI is InChI=1S/C13H10BrClN2O2/c14-7-1-3-9(12(18)5-7)13(19)17-11-4-2-8(16)6-10(11)15/h1-6,18H,16H2,(H,17,19). The Kier molecular flexibility index (Phi) is 3.97. The Hall–Kier alpha value is -1.72. The van der Waals surface area contributed by atoms with Crippen LogP contribution in [0.5, 0.6) is 5.75 Å². The summed E-state index contributed by atoms with van der Waals surface area (Å²) in [4.78, 5) is 12.0. The second-order valence-corrected chi connectivity index (χ2v) is 5.18. The van der Waals surface area contributed by atoms with Gasteiger partial charge in [-0.15, -0.1) is 0 Å². The lowest BCUT2D eigenvalue weighted by atomic mass is 10.2. The van der Waals surface area contributed by atoms with E-state index in [1.165, 1.54) is 12.1 Å². The van der Waals surface area contributed by atoms with E-state index in [4.69, 9.17) is 17.3 Å². The summed E-state index contributed by atoms with van der Waals surface area (Å²) in [5.41, 5.74) is 6.67. The monoisotopic (exact) mass is 340 g/mol. The molecule has 2 aromatic rings. The van der Waals surface area contributed by atoms with Gasteiger partial charge >= 0.3 is 0 Å². The van der Waals surface area contributed by atoms with Crippen molar-refractivity contribution in [3.63, 3.8) is 0 Å². The Balaban J connectivity index is 2.25. The van der Waals surface area contributed by atoms with Crippen LogP contribution >= 0.6 is 27.5 Å². The van der Waals surface area contributed by atoms with Gasteiger partial charge in [-0.1, -0.05) is 27.5 Å². The van der Waals surface area contributed by atoms with Crippen molar-refractivity contribution in [1.29, 1.82) is 0 Å². The normalized spacial score (nSPS) is 10.2. The number of hydrogen-bond donors (Lipinski definition) is 3. The largest absolute Gasteiger partial charge is 0.507 e. The molecule has 2 aromatic carbocycles. The highest BCUT2D eigenvalue weighted by molar-refractivity contribution is 9.10. The third kappa shape index (κ3) is 3.19. The number of rotatable bonds is 2. The van der Waals surface area contributed by atoms with Gasteiger partial charge in [0.2, 0.25) is 0 Å². The second-order valence-electron chi connectivity index (χ2n) is 3.85. The molecule has 0 unspecified atom stereocenters. The summed E-state index contributed by atoms with van der Waals surface area (Å²) >= 11 is 9.17. The molecule has 1 amide bonds. The molecule has 0 bridgehead atoms. The lowest BCUT2D eigenvalue weighted by Crippen LogP contribution is -2.12. The predicted molar refractivity (Wildman–Crippen MR) is 79.6 cm³/mol. The topological polar surface area (TPSA) is 75.3 Å². The molecule has 0 radical (unpaired) electrons. The molecule has 0 saturated carbocycles. The molecule has 0 atom stereocenters. The number of benzene rings is 2. The summed E-state index contributed by atoms with van der Waals surface area (Å²) in [5.74, 6) is -0.560. The van der Waals surface area contributed by atoms with Crippen molar-refractivity contribution in [2.24, 2.45) is 0 Å². The molecular formula is C13H10BrClN2O2. The van der Waals surface area contributed by atoms with E-state index >= 15 is 0 Å². The Morgan fingerprint density at radius 2 is 2.00 bits per heavy atom. The quantitative estimate of drug-likeness (QED) is 0.730. The summed E-state index contributed by atoms with van der Waals surface area (Å²) in [6, 6.07) is 9.39. The van der Waals surface area contributed by atoms with Crippen molar-refractivity contribution in [1.82, 2.24) is 0 Å². The lowest BCUT2D eigenvalue weighted by molar-refractivity contribution is 0.102. The first kappa shape index (κ1) is 13.7. The first-order valence-electron chi connectivity index (χ1n) is 5.32. The van der Waals surface area contributed by atoms with E-state index < -0.39 is 5.91 Å².